The summed E-state index contributed by atoms with van der Waals surface area (Å²) in [7, 11) is 0. The van der Waals surface area contributed by atoms with E-state index in [4.69, 9.17) is 4.52 Å². The number of nitrogens with zero attached hydrogens (tertiary/aromatic N) is 2. The molecule has 6 heteroatoms. The fraction of sp³-hybridized carbons (Fsp3) is 0.471. The van der Waals surface area contributed by atoms with Gasteiger partial charge in [0.2, 0.25) is 5.89 Å². The first-order chi connectivity index (χ1) is 11.0. The Kier molecular flexibility index (Phi) is 4.43. The minimum absolute atomic E-state index is 0.0669. The lowest BCUT2D eigenvalue weighted by Gasteiger charge is -2.27. The summed E-state index contributed by atoms with van der Waals surface area (Å²) >= 11 is 1.63. The first-order valence-corrected chi connectivity index (χ1v) is 9.04. The van der Waals surface area contributed by atoms with Crippen LogP contribution in [0.15, 0.2) is 27.6 Å². The molecule has 0 bridgehead atoms. The molecule has 0 radical (unpaired) electrons. The third-order valence-electron chi connectivity index (χ3n) is 4.45. The number of hydrogen-bond donors (Lipinski definition) is 1. The summed E-state index contributed by atoms with van der Waals surface area (Å²) in [6.45, 7) is 3.73. The zero-order valence-corrected chi connectivity index (χ0v) is 14.5. The molecule has 23 heavy (non-hydrogen) atoms. The van der Waals surface area contributed by atoms with E-state index in [-0.39, 0.29) is 5.91 Å². The third kappa shape index (κ3) is 3.13. The van der Waals surface area contributed by atoms with E-state index in [1.165, 1.54) is 0 Å². The standard InChI is InChI=1S/C17H21N3O2S/c1-11-6-7-13(23-3)10-14(11)15(21)19-17(8-4-5-9-17)16-18-12(2)22-20-16/h6-7,10H,4-5,8-9H2,1-3H3,(H,19,21). The van der Waals surface area contributed by atoms with E-state index < -0.39 is 5.54 Å². The van der Waals surface area contributed by atoms with Crippen LogP contribution < -0.4 is 5.32 Å². The highest BCUT2D eigenvalue weighted by Crippen LogP contribution is 2.37. The molecule has 0 saturated heterocycles. The molecule has 1 saturated carbocycles. The molecule has 1 aliphatic rings. The molecule has 1 amide bonds. The normalized spacial score (nSPS) is 16.5. The summed E-state index contributed by atoms with van der Waals surface area (Å²) in [5.74, 6) is 1.06. The molecule has 1 aliphatic carbocycles. The van der Waals surface area contributed by atoms with E-state index in [9.17, 15) is 4.79 Å². The minimum atomic E-state index is -0.503. The molecule has 2 aromatic rings. The zero-order valence-electron chi connectivity index (χ0n) is 13.7. The van der Waals surface area contributed by atoms with Crippen molar-refractivity contribution in [1.82, 2.24) is 15.5 Å². The maximum atomic E-state index is 12.9. The smallest absolute Gasteiger partial charge is 0.252 e. The first-order valence-electron chi connectivity index (χ1n) is 7.82. The molecule has 0 atom stereocenters. The monoisotopic (exact) mass is 331 g/mol. The molecule has 0 spiro atoms. The number of benzene rings is 1. The van der Waals surface area contributed by atoms with Gasteiger partial charge in [-0.1, -0.05) is 24.1 Å². The minimum Gasteiger partial charge on any atom is -0.340 e. The van der Waals surface area contributed by atoms with E-state index >= 15 is 0 Å². The summed E-state index contributed by atoms with van der Waals surface area (Å²) in [5.41, 5.74) is 1.18. The van der Waals surface area contributed by atoms with E-state index in [1.54, 1.807) is 18.7 Å². The van der Waals surface area contributed by atoms with Gasteiger partial charge >= 0.3 is 0 Å². The van der Waals surface area contributed by atoms with Crippen molar-refractivity contribution < 1.29 is 9.32 Å². The number of nitrogens with one attached hydrogen (secondary N) is 1. The number of carbonyl (C=O) groups is 1. The molecule has 122 valence electrons. The molecule has 0 unspecified atom stereocenters. The van der Waals surface area contributed by atoms with E-state index in [0.717, 1.165) is 36.1 Å². The predicted molar refractivity (Wildman–Crippen MR) is 89.6 cm³/mol. The van der Waals surface area contributed by atoms with E-state index in [2.05, 4.69) is 15.5 Å². The predicted octanol–water partition coefficient (Wildman–Crippen LogP) is 3.61. The van der Waals surface area contributed by atoms with Crippen molar-refractivity contribution in [2.45, 2.75) is 50.0 Å². The summed E-state index contributed by atoms with van der Waals surface area (Å²) in [5, 5.41) is 7.27. The van der Waals surface area contributed by atoms with Gasteiger partial charge < -0.3 is 9.84 Å². The van der Waals surface area contributed by atoms with Crippen LogP contribution in [0.2, 0.25) is 0 Å². The van der Waals surface area contributed by atoms with Crippen LogP contribution in [0, 0.1) is 13.8 Å². The Bertz CT molecular complexity index is 720. The van der Waals surface area contributed by atoms with Crippen LogP contribution in [0.25, 0.3) is 0 Å². The molecule has 1 aromatic carbocycles. The summed E-state index contributed by atoms with van der Waals surface area (Å²) < 4.78 is 5.13. The average Bonchev–Trinajstić information content (AvgIpc) is 3.17. The van der Waals surface area contributed by atoms with Crippen molar-refractivity contribution >= 4 is 17.7 Å². The molecule has 0 aliphatic heterocycles. The van der Waals surface area contributed by atoms with Crippen LogP contribution in [-0.2, 0) is 5.54 Å². The van der Waals surface area contributed by atoms with Crippen LogP contribution in [0.4, 0.5) is 0 Å². The Balaban J connectivity index is 1.90. The molecule has 1 N–H and O–H groups in total. The number of amides is 1. The van der Waals surface area contributed by atoms with Gasteiger partial charge in [-0.3, -0.25) is 4.79 Å². The van der Waals surface area contributed by atoms with Crippen LogP contribution in [0.3, 0.4) is 0 Å². The van der Waals surface area contributed by atoms with Gasteiger partial charge in [0.1, 0.15) is 5.54 Å². The van der Waals surface area contributed by atoms with Crippen molar-refractivity contribution in [3.8, 4) is 0 Å². The first kappa shape index (κ1) is 16.1. The molecule has 1 aromatic heterocycles. The lowest BCUT2D eigenvalue weighted by atomic mass is 9.95. The van der Waals surface area contributed by atoms with Crippen molar-refractivity contribution in [2.24, 2.45) is 0 Å². The summed E-state index contributed by atoms with van der Waals surface area (Å²) in [6, 6.07) is 5.96. The Hall–Kier alpha value is -1.82. The number of rotatable bonds is 4. The molecule has 1 heterocycles. The fourth-order valence-corrected chi connectivity index (χ4v) is 3.57. The maximum absolute atomic E-state index is 12.9. The van der Waals surface area contributed by atoms with Crippen molar-refractivity contribution in [2.75, 3.05) is 6.26 Å². The molecule has 1 fully saturated rings. The van der Waals surface area contributed by atoms with Gasteiger partial charge in [-0.2, -0.15) is 4.98 Å². The quantitative estimate of drug-likeness (QED) is 0.867. The largest absolute Gasteiger partial charge is 0.340 e. The molecular weight excluding hydrogens is 310 g/mol. The SMILES string of the molecule is CSc1ccc(C)c(C(=O)NC2(c3noc(C)n3)CCCC2)c1. The number of hydrogen-bond acceptors (Lipinski definition) is 5. The van der Waals surface area contributed by atoms with Crippen LogP contribution in [0.5, 0.6) is 0 Å². The number of aryl methyl sites for hydroxylation is 2. The lowest BCUT2D eigenvalue weighted by Crippen LogP contribution is -2.44. The number of aromatic nitrogens is 2. The van der Waals surface area contributed by atoms with Gasteiger partial charge in [-0.25, -0.2) is 0 Å². The van der Waals surface area contributed by atoms with Gasteiger partial charge in [-0.05, 0) is 43.7 Å². The Morgan fingerprint density at radius 2 is 2.04 bits per heavy atom. The second-order valence-electron chi connectivity index (χ2n) is 6.06. The number of thioether (sulfide) groups is 1. The third-order valence-corrected chi connectivity index (χ3v) is 5.18. The Morgan fingerprint density at radius 1 is 1.30 bits per heavy atom. The fourth-order valence-electron chi connectivity index (χ4n) is 3.13. The second-order valence-corrected chi connectivity index (χ2v) is 6.94. The van der Waals surface area contributed by atoms with Crippen molar-refractivity contribution in [1.29, 1.82) is 0 Å². The zero-order chi connectivity index (χ0) is 16.4. The van der Waals surface area contributed by atoms with E-state index in [1.807, 2.05) is 31.4 Å². The maximum Gasteiger partial charge on any atom is 0.252 e. The highest BCUT2D eigenvalue weighted by atomic mass is 32.2. The van der Waals surface area contributed by atoms with Crippen LogP contribution in [0.1, 0.15) is 53.3 Å². The van der Waals surface area contributed by atoms with Gasteiger partial charge in [0, 0.05) is 17.4 Å². The van der Waals surface area contributed by atoms with Crippen LogP contribution in [-0.4, -0.2) is 22.3 Å². The summed E-state index contributed by atoms with van der Waals surface area (Å²) in [4.78, 5) is 18.3. The lowest BCUT2D eigenvalue weighted by molar-refractivity contribution is 0.0891. The van der Waals surface area contributed by atoms with Crippen LogP contribution >= 0.6 is 11.8 Å². The molecular formula is C17H21N3O2S. The highest BCUT2D eigenvalue weighted by Gasteiger charge is 2.41. The van der Waals surface area contributed by atoms with Gasteiger partial charge in [0.05, 0.1) is 0 Å². The Labute approximate surface area is 140 Å². The Morgan fingerprint density at radius 3 is 2.65 bits per heavy atom. The second kappa shape index (κ2) is 6.35. The average molecular weight is 331 g/mol. The van der Waals surface area contributed by atoms with Gasteiger partial charge in [-0.15, -0.1) is 11.8 Å². The molecule has 5 nitrogen and oxygen atoms in total. The molecule has 3 rings (SSSR count). The van der Waals surface area contributed by atoms with Gasteiger partial charge in [0.15, 0.2) is 5.82 Å². The van der Waals surface area contributed by atoms with Crippen molar-refractivity contribution in [3.05, 3.63) is 41.0 Å². The number of carbonyl (C=O) groups excluding carboxylic acids is 1. The summed E-state index contributed by atoms with van der Waals surface area (Å²) in [6.07, 6.45) is 5.81. The van der Waals surface area contributed by atoms with E-state index in [0.29, 0.717) is 17.3 Å². The topological polar surface area (TPSA) is 68.0 Å². The highest BCUT2D eigenvalue weighted by molar-refractivity contribution is 7.98. The van der Waals surface area contributed by atoms with Crippen molar-refractivity contribution in [3.63, 3.8) is 0 Å². The van der Waals surface area contributed by atoms with Gasteiger partial charge in [0.25, 0.3) is 5.91 Å².